The first-order valence-electron chi connectivity index (χ1n) is 12.3. The number of aryl methyl sites for hydroxylation is 2. The number of nitrogens with one attached hydrogen (secondary N) is 2. The maximum atomic E-state index is 13.7. The molecule has 0 aliphatic heterocycles. The average molecular weight is 558 g/mol. The zero-order chi connectivity index (χ0) is 29.6. The summed E-state index contributed by atoms with van der Waals surface area (Å²) in [6, 6.07) is 11.7. The Morgan fingerprint density at radius 1 is 1.00 bits per heavy atom. The van der Waals surface area contributed by atoms with Gasteiger partial charge in [-0.2, -0.15) is 13.2 Å². The molecule has 2 aromatic heterocycles. The van der Waals surface area contributed by atoms with Crippen LogP contribution in [0.4, 0.5) is 24.5 Å². The summed E-state index contributed by atoms with van der Waals surface area (Å²) in [5.41, 5.74) is 2.70. The number of halogens is 3. The van der Waals surface area contributed by atoms with Crippen LogP contribution in [0, 0.1) is 13.8 Å². The minimum atomic E-state index is -4.62. The molecule has 0 saturated carbocycles. The first-order chi connectivity index (χ1) is 19.6. The van der Waals surface area contributed by atoms with Crippen LogP contribution >= 0.6 is 0 Å². The van der Waals surface area contributed by atoms with Gasteiger partial charge in [-0.05, 0) is 68.0 Å². The summed E-state index contributed by atoms with van der Waals surface area (Å²) in [6.45, 7) is 11.0. The van der Waals surface area contributed by atoms with Crippen LogP contribution in [0.3, 0.4) is 0 Å². The van der Waals surface area contributed by atoms with Crippen molar-refractivity contribution in [3.63, 3.8) is 0 Å². The summed E-state index contributed by atoms with van der Waals surface area (Å²) >= 11 is 0. The van der Waals surface area contributed by atoms with Crippen LogP contribution in [0.2, 0.25) is 0 Å². The number of benzene rings is 2. The highest BCUT2D eigenvalue weighted by atomic mass is 19.4. The second-order valence-corrected chi connectivity index (χ2v) is 8.87. The van der Waals surface area contributed by atoms with E-state index >= 15 is 0 Å². The van der Waals surface area contributed by atoms with Gasteiger partial charge in [-0.1, -0.05) is 19.2 Å². The molecule has 0 radical (unpaired) electrons. The van der Waals surface area contributed by atoms with E-state index in [1.807, 2.05) is 6.92 Å². The predicted octanol–water partition coefficient (Wildman–Crippen LogP) is 6.74. The highest BCUT2D eigenvalue weighted by Crippen LogP contribution is 2.33. The zero-order valence-electron chi connectivity index (χ0n) is 22.3. The van der Waals surface area contributed by atoms with Gasteiger partial charge in [0.05, 0.1) is 23.3 Å². The molecule has 2 aromatic carbocycles. The van der Waals surface area contributed by atoms with Crippen LogP contribution in [0.15, 0.2) is 109 Å². The maximum absolute atomic E-state index is 13.7. The summed E-state index contributed by atoms with van der Waals surface area (Å²) in [7, 11) is 0. The number of pyridine rings is 1. The van der Waals surface area contributed by atoms with E-state index in [4.69, 9.17) is 0 Å². The number of allylic oxidation sites excluding steroid dienone is 1. The van der Waals surface area contributed by atoms with Crippen molar-refractivity contribution in [1.29, 1.82) is 0 Å². The number of aromatic nitrogens is 3. The molecule has 2 heterocycles. The number of guanidine groups is 1. The van der Waals surface area contributed by atoms with Gasteiger partial charge in [0, 0.05) is 53.0 Å². The predicted molar refractivity (Wildman–Crippen MR) is 155 cm³/mol. The molecular formula is C30H26F3N7O. The fourth-order valence-corrected chi connectivity index (χ4v) is 3.82. The van der Waals surface area contributed by atoms with Crippen LogP contribution in [0.5, 0.6) is 0 Å². The second kappa shape index (κ2) is 12.2. The van der Waals surface area contributed by atoms with E-state index in [9.17, 15) is 18.0 Å². The number of carbonyl (C=O) groups is 1. The molecule has 0 aliphatic rings. The van der Waals surface area contributed by atoms with Crippen molar-refractivity contribution in [1.82, 2.24) is 14.5 Å². The minimum Gasteiger partial charge on any atom is -0.324 e. The van der Waals surface area contributed by atoms with Crippen molar-refractivity contribution >= 4 is 29.0 Å². The second-order valence-electron chi connectivity index (χ2n) is 8.87. The number of alkyl halides is 3. The number of hydrogen-bond acceptors (Lipinski definition) is 4. The van der Waals surface area contributed by atoms with Gasteiger partial charge in [0.2, 0.25) is 5.96 Å². The minimum absolute atomic E-state index is 0.0206. The third kappa shape index (κ3) is 7.21. The Bertz CT molecular complexity index is 1650. The normalized spacial score (nSPS) is 12.1. The van der Waals surface area contributed by atoms with E-state index in [0.717, 1.165) is 23.3 Å². The molecule has 0 unspecified atom stereocenters. The smallest absolute Gasteiger partial charge is 0.324 e. The molecule has 4 rings (SSSR count). The fourth-order valence-electron chi connectivity index (χ4n) is 3.82. The Hall–Kier alpha value is -5.32. The lowest BCUT2D eigenvalue weighted by Crippen LogP contribution is -2.16. The standard InChI is InChI=1S/C30H26F3N7O/c1-5-26(21-9-11-34-12-10-21)38-29(35-6-2)39-27-13-22(8-7-19(27)3)28(41)37-24-14-23(30(31,32)33)15-25(16-24)40-17-20(4)36-18-40/h5-18H,1-2H2,3-4H3,(H,35,39)(H,37,41). The first-order valence-corrected chi connectivity index (χ1v) is 12.3. The Morgan fingerprint density at radius 3 is 2.39 bits per heavy atom. The largest absolute Gasteiger partial charge is 0.416 e. The van der Waals surface area contributed by atoms with Gasteiger partial charge in [0.25, 0.3) is 5.91 Å². The molecule has 0 atom stereocenters. The van der Waals surface area contributed by atoms with Gasteiger partial charge in [0.15, 0.2) is 0 Å². The number of imidazole rings is 1. The average Bonchev–Trinajstić information content (AvgIpc) is 3.39. The topological polar surface area (TPSA) is 96.6 Å². The van der Waals surface area contributed by atoms with Crippen molar-refractivity contribution in [2.24, 2.45) is 9.98 Å². The molecule has 0 spiro atoms. The molecule has 41 heavy (non-hydrogen) atoms. The van der Waals surface area contributed by atoms with Crippen molar-refractivity contribution in [2.45, 2.75) is 20.0 Å². The van der Waals surface area contributed by atoms with Crippen molar-refractivity contribution < 1.29 is 18.0 Å². The fraction of sp³-hybridized carbons (Fsp3) is 0.100. The van der Waals surface area contributed by atoms with Crippen molar-refractivity contribution in [2.75, 3.05) is 10.6 Å². The molecular weight excluding hydrogens is 531 g/mol. The van der Waals surface area contributed by atoms with Crippen LogP contribution in [-0.2, 0) is 6.18 Å². The lowest BCUT2D eigenvalue weighted by atomic mass is 10.1. The molecule has 0 bridgehead atoms. The molecule has 0 saturated heterocycles. The lowest BCUT2D eigenvalue weighted by Gasteiger charge is -2.15. The number of hydrogen-bond donors (Lipinski definition) is 2. The number of rotatable bonds is 7. The SMILES string of the molecule is C=CN=C(N=C(C=C)c1ccncc1)Nc1cc(C(=O)Nc2cc(-n3cnc(C)c3)cc(C(F)(F)F)c2)ccc1C. The van der Waals surface area contributed by atoms with Gasteiger partial charge in [-0.15, -0.1) is 0 Å². The highest BCUT2D eigenvalue weighted by molar-refractivity contribution is 6.15. The quantitative estimate of drug-likeness (QED) is 0.194. The van der Waals surface area contributed by atoms with Crippen molar-refractivity contribution in [3.05, 3.63) is 127 Å². The number of aliphatic imine (C=N–C) groups is 2. The summed E-state index contributed by atoms with van der Waals surface area (Å²) in [6.07, 6.45) is 4.53. The Labute approximate surface area is 234 Å². The Kier molecular flexibility index (Phi) is 8.57. The number of amides is 1. The van der Waals surface area contributed by atoms with Crippen LogP contribution < -0.4 is 10.6 Å². The van der Waals surface area contributed by atoms with Crippen LogP contribution in [-0.4, -0.2) is 32.1 Å². The van der Waals surface area contributed by atoms with Crippen LogP contribution in [0.1, 0.15) is 32.7 Å². The van der Waals surface area contributed by atoms with E-state index in [-0.39, 0.29) is 22.9 Å². The molecule has 1 amide bonds. The van der Waals surface area contributed by atoms with Gasteiger partial charge < -0.3 is 15.2 Å². The van der Waals surface area contributed by atoms with E-state index in [2.05, 4.69) is 43.7 Å². The molecule has 8 nitrogen and oxygen atoms in total. The van der Waals surface area contributed by atoms with E-state index in [0.29, 0.717) is 17.1 Å². The summed E-state index contributed by atoms with van der Waals surface area (Å²) in [5.74, 6) is -0.417. The monoisotopic (exact) mass is 557 g/mol. The molecule has 4 aromatic rings. The summed E-state index contributed by atoms with van der Waals surface area (Å²) < 4.78 is 42.4. The van der Waals surface area contributed by atoms with E-state index in [1.165, 1.54) is 23.2 Å². The van der Waals surface area contributed by atoms with Gasteiger partial charge >= 0.3 is 6.18 Å². The maximum Gasteiger partial charge on any atom is 0.416 e. The number of anilines is 2. The number of nitrogens with zero attached hydrogens (tertiary/aromatic N) is 5. The van der Waals surface area contributed by atoms with E-state index < -0.39 is 17.6 Å². The van der Waals surface area contributed by atoms with Crippen LogP contribution in [0.25, 0.3) is 5.69 Å². The molecule has 0 aliphatic carbocycles. The first kappa shape index (κ1) is 28.7. The molecule has 11 heteroatoms. The summed E-state index contributed by atoms with van der Waals surface area (Å²) in [4.78, 5) is 30.0. The van der Waals surface area contributed by atoms with Crippen molar-refractivity contribution in [3.8, 4) is 5.69 Å². The number of carbonyl (C=O) groups excluding carboxylic acids is 1. The third-order valence-electron chi connectivity index (χ3n) is 5.87. The van der Waals surface area contributed by atoms with Gasteiger partial charge in [-0.25, -0.2) is 15.0 Å². The summed E-state index contributed by atoms with van der Waals surface area (Å²) in [5, 5.41) is 5.67. The molecule has 2 N–H and O–H groups in total. The zero-order valence-corrected chi connectivity index (χ0v) is 22.3. The lowest BCUT2D eigenvalue weighted by molar-refractivity contribution is -0.137. The molecule has 208 valence electrons. The van der Waals surface area contributed by atoms with Gasteiger partial charge in [0.1, 0.15) is 0 Å². The van der Waals surface area contributed by atoms with Gasteiger partial charge in [-0.3, -0.25) is 9.78 Å². The van der Waals surface area contributed by atoms with E-state index in [1.54, 1.807) is 61.9 Å². The highest BCUT2D eigenvalue weighted by Gasteiger charge is 2.31. The Morgan fingerprint density at radius 2 is 1.76 bits per heavy atom. The third-order valence-corrected chi connectivity index (χ3v) is 5.87. The Balaban J connectivity index is 1.63. The molecule has 0 fully saturated rings.